The Bertz CT molecular complexity index is 1240. The molecule has 0 aliphatic carbocycles. The van der Waals surface area contributed by atoms with E-state index in [-0.39, 0.29) is 5.97 Å². The molecule has 0 aliphatic rings. The third-order valence-electron chi connectivity index (χ3n) is 6.02. The number of fused-ring (bicyclic) bond motifs is 1. The minimum atomic E-state index is -0.352. The molecule has 0 saturated heterocycles. The topological polar surface area (TPSA) is 52.3 Å². The molecule has 0 aliphatic heterocycles. The van der Waals surface area contributed by atoms with E-state index >= 15 is 0 Å². The van der Waals surface area contributed by atoms with Gasteiger partial charge in [-0.2, -0.15) is 0 Å². The van der Waals surface area contributed by atoms with Crippen molar-refractivity contribution in [2.45, 2.75) is 32.7 Å². The number of nitrogens with two attached hydrogens (primary N) is 1. The van der Waals surface area contributed by atoms with Gasteiger partial charge in [-0.1, -0.05) is 74.0 Å². The summed E-state index contributed by atoms with van der Waals surface area (Å²) in [5, 5.41) is 2.40. The average molecular weight is 424 g/mol. The van der Waals surface area contributed by atoms with Gasteiger partial charge in [0.25, 0.3) is 0 Å². The maximum Gasteiger partial charge on any atom is 0.337 e. The number of carbonyl (C=O) groups is 1. The van der Waals surface area contributed by atoms with Crippen LogP contribution >= 0.6 is 0 Å². The zero-order valence-corrected chi connectivity index (χ0v) is 18.7. The predicted octanol–water partition coefficient (Wildman–Crippen LogP) is 6.76. The lowest BCUT2D eigenvalue weighted by atomic mass is 9.92. The van der Waals surface area contributed by atoms with Gasteiger partial charge in [0.05, 0.1) is 12.7 Å². The van der Waals surface area contributed by atoms with E-state index in [9.17, 15) is 4.79 Å². The molecular formula is C29H29NO2. The van der Waals surface area contributed by atoms with Crippen molar-refractivity contribution in [1.82, 2.24) is 0 Å². The molecule has 162 valence electrons. The fourth-order valence-corrected chi connectivity index (χ4v) is 4.22. The van der Waals surface area contributed by atoms with E-state index in [0.717, 1.165) is 23.1 Å². The van der Waals surface area contributed by atoms with Crippen LogP contribution in [-0.2, 0) is 17.7 Å². The van der Waals surface area contributed by atoms with Gasteiger partial charge in [0.1, 0.15) is 0 Å². The van der Waals surface area contributed by atoms with Crippen LogP contribution in [0.4, 0.5) is 0 Å². The summed E-state index contributed by atoms with van der Waals surface area (Å²) in [6.07, 6.45) is 3.57. The van der Waals surface area contributed by atoms with Gasteiger partial charge in [-0.25, -0.2) is 4.79 Å². The third-order valence-corrected chi connectivity index (χ3v) is 6.02. The van der Waals surface area contributed by atoms with E-state index < -0.39 is 0 Å². The smallest absolute Gasteiger partial charge is 0.337 e. The Morgan fingerprint density at radius 1 is 0.875 bits per heavy atom. The minimum absolute atomic E-state index is 0.350. The zero-order chi connectivity index (χ0) is 22.5. The van der Waals surface area contributed by atoms with Crippen molar-refractivity contribution in [2.75, 3.05) is 7.11 Å². The van der Waals surface area contributed by atoms with Crippen molar-refractivity contribution < 1.29 is 9.53 Å². The Morgan fingerprint density at radius 3 is 2.38 bits per heavy atom. The molecule has 0 spiro atoms. The number of unbranched alkanes of at least 4 members (excludes halogenated alkanes) is 1. The van der Waals surface area contributed by atoms with Gasteiger partial charge in [-0.15, -0.1) is 0 Å². The second-order valence-electron chi connectivity index (χ2n) is 8.11. The zero-order valence-electron chi connectivity index (χ0n) is 18.7. The van der Waals surface area contributed by atoms with E-state index in [1.165, 1.54) is 47.4 Å². The number of aryl methyl sites for hydroxylation is 1. The predicted molar refractivity (Wildman–Crippen MR) is 133 cm³/mol. The monoisotopic (exact) mass is 423 g/mol. The Morgan fingerprint density at radius 2 is 1.66 bits per heavy atom. The summed E-state index contributed by atoms with van der Waals surface area (Å²) in [4.78, 5) is 11.9. The maximum atomic E-state index is 11.9. The number of hydrogen-bond donors (Lipinski definition) is 1. The number of ether oxygens (including phenoxy) is 1. The second-order valence-corrected chi connectivity index (χ2v) is 8.11. The molecule has 3 heteroatoms. The van der Waals surface area contributed by atoms with Crippen molar-refractivity contribution in [3.63, 3.8) is 0 Å². The lowest BCUT2D eigenvalue weighted by Gasteiger charge is -2.13. The first-order valence-electron chi connectivity index (χ1n) is 11.2. The maximum absolute atomic E-state index is 11.9. The number of hydrogen-bond acceptors (Lipinski definition) is 3. The summed E-state index contributed by atoms with van der Waals surface area (Å²) in [6, 6.07) is 27.4. The summed E-state index contributed by atoms with van der Waals surface area (Å²) >= 11 is 0. The van der Waals surface area contributed by atoms with Gasteiger partial charge < -0.3 is 10.5 Å². The van der Waals surface area contributed by atoms with E-state index in [4.69, 9.17) is 10.5 Å². The van der Waals surface area contributed by atoms with Crippen molar-refractivity contribution in [1.29, 1.82) is 0 Å². The molecule has 0 heterocycles. The largest absolute Gasteiger partial charge is 0.465 e. The molecule has 32 heavy (non-hydrogen) atoms. The summed E-state index contributed by atoms with van der Waals surface area (Å²) in [5.41, 5.74) is 13.4. The van der Waals surface area contributed by atoms with Crippen LogP contribution in [0.15, 0.2) is 78.9 Å². The first kappa shape index (κ1) is 21.8. The van der Waals surface area contributed by atoms with E-state index in [1.807, 2.05) is 12.1 Å². The number of esters is 1. The number of rotatable bonds is 7. The van der Waals surface area contributed by atoms with Crippen molar-refractivity contribution in [3.8, 4) is 22.3 Å². The summed E-state index contributed by atoms with van der Waals surface area (Å²) < 4.78 is 4.84. The SMILES string of the molecule is CCCCc1ccc(-c2cccc3cc(-c4ccc(C(=O)OC)cc4CN)ccc23)cc1. The molecule has 4 aromatic carbocycles. The van der Waals surface area contributed by atoms with Crippen molar-refractivity contribution in [2.24, 2.45) is 5.73 Å². The highest BCUT2D eigenvalue weighted by atomic mass is 16.5. The fourth-order valence-electron chi connectivity index (χ4n) is 4.22. The molecule has 2 N–H and O–H groups in total. The van der Waals surface area contributed by atoms with E-state index in [1.54, 1.807) is 6.07 Å². The summed E-state index contributed by atoms with van der Waals surface area (Å²) in [6.45, 7) is 2.57. The van der Waals surface area contributed by atoms with Gasteiger partial charge in [-0.3, -0.25) is 0 Å². The van der Waals surface area contributed by atoms with E-state index in [2.05, 4.69) is 67.6 Å². The molecule has 0 amide bonds. The molecule has 0 saturated carbocycles. The molecule has 4 rings (SSSR count). The second kappa shape index (κ2) is 9.80. The average Bonchev–Trinajstić information content (AvgIpc) is 2.86. The number of carbonyl (C=O) groups excluding carboxylic acids is 1. The first-order valence-corrected chi connectivity index (χ1v) is 11.2. The van der Waals surface area contributed by atoms with E-state index in [0.29, 0.717) is 12.1 Å². The molecule has 0 aromatic heterocycles. The molecule has 0 radical (unpaired) electrons. The third kappa shape index (κ3) is 4.44. The molecule has 0 atom stereocenters. The molecule has 3 nitrogen and oxygen atoms in total. The number of methoxy groups -OCH3 is 1. The van der Waals surface area contributed by atoms with Gasteiger partial charge in [-0.05, 0) is 75.2 Å². The van der Waals surface area contributed by atoms with Gasteiger partial charge in [0, 0.05) is 6.54 Å². The first-order chi connectivity index (χ1) is 15.6. The van der Waals surface area contributed by atoms with Crippen LogP contribution in [0.3, 0.4) is 0 Å². The van der Waals surface area contributed by atoms with Gasteiger partial charge in [0.2, 0.25) is 0 Å². The van der Waals surface area contributed by atoms with Crippen LogP contribution in [0.5, 0.6) is 0 Å². The lowest BCUT2D eigenvalue weighted by molar-refractivity contribution is 0.0600. The van der Waals surface area contributed by atoms with Crippen LogP contribution < -0.4 is 5.73 Å². The molecular weight excluding hydrogens is 394 g/mol. The fraction of sp³-hybridized carbons (Fsp3) is 0.207. The summed E-state index contributed by atoms with van der Waals surface area (Å²) in [7, 11) is 1.39. The molecule has 0 fully saturated rings. The van der Waals surface area contributed by atoms with Crippen LogP contribution in [0.1, 0.15) is 41.3 Å². The Kier molecular flexibility index (Phi) is 6.67. The van der Waals surface area contributed by atoms with Crippen molar-refractivity contribution >= 4 is 16.7 Å². The Hall–Kier alpha value is -3.43. The van der Waals surface area contributed by atoms with Gasteiger partial charge >= 0.3 is 5.97 Å². The van der Waals surface area contributed by atoms with Crippen LogP contribution in [0.2, 0.25) is 0 Å². The molecule has 0 unspecified atom stereocenters. The highest BCUT2D eigenvalue weighted by molar-refractivity contribution is 5.99. The van der Waals surface area contributed by atoms with Crippen LogP contribution in [0, 0.1) is 0 Å². The highest BCUT2D eigenvalue weighted by Gasteiger charge is 2.12. The summed E-state index contributed by atoms with van der Waals surface area (Å²) in [5.74, 6) is -0.352. The normalized spacial score (nSPS) is 11.0. The standard InChI is InChI=1S/C29H29NO2/c1-3-4-6-20-9-11-21(12-10-20)27-8-5-7-22-17-23(13-16-28(22)27)26-15-14-24(29(31)32-2)18-25(26)19-30/h5,7-18H,3-4,6,19,30H2,1-2H3. The van der Waals surface area contributed by atoms with Crippen LogP contribution in [-0.4, -0.2) is 13.1 Å². The quantitative estimate of drug-likeness (QED) is 0.334. The Balaban J connectivity index is 1.71. The van der Waals surface area contributed by atoms with Crippen LogP contribution in [0.25, 0.3) is 33.0 Å². The number of benzene rings is 4. The minimum Gasteiger partial charge on any atom is -0.465 e. The van der Waals surface area contributed by atoms with Gasteiger partial charge in [0.15, 0.2) is 0 Å². The van der Waals surface area contributed by atoms with Crippen molar-refractivity contribution in [3.05, 3.63) is 95.6 Å². The highest BCUT2D eigenvalue weighted by Crippen LogP contribution is 2.33. The molecule has 0 bridgehead atoms. The molecule has 4 aromatic rings. The Labute approximate surface area is 189 Å². The lowest BCUT2D eigenvalue weighted by Crippen LogP contribution is -2.05.